The molecule has 0 spiro atoms. The maximum Gasteiger partial charge on any atom is 0.147 e. The van der Waals surface area contributed by atoms with Gasteiger partial charge in [0.2, 0.25) is 0 Å². The predicted molar refractivity (Wildman–Crippen MR) is 82.2 cm³/mol. The van der Waals surface area contributed by atoms with E-state index in [1.54, 1.807) is 0 Å². The van der Waals surface area contributed by atoms with E-state index in [4.69, 9.17) is 0 Å². The molecule has 1 aliphatic heterocycles. The maximum atomic E-state index is 14.2. The van der Waals surface area contributed by atoms with Gasteiger partial charge in [-0.25, -0.2) is 8.78 Å². The topological polar surface area (TPSA) is 15.3 Å². The summed E-state index contributed by atoms with van der Waals surface area (Å²) in [4.78, 5) is 2.02. The van der Waals surface area contributed by atoms with Gasteiger partial charge in [0.05, 0.1) is 10.2 Å². The molecule has 0 radical (unpaired) electrons. The monoisotopic (exact) mass is 346 g/mol. The molecule has 2 rings (SSSR count). The zero-order valence-electron chi connectivity index (χ0n) is 11.9. The van der Waals surface area contributed by atoms with Crippen molar-refractivity contribution in [3.05, 3.63) is 28.2 Å². The van der Waals surface area contributed by atoms with Crippen molar-refractivity contribution in [1.29, 1.82) is 0 Å². The molecular formula is C15H21BrF2N2. The van der Waals surface area contributed by atoms with Crippen molar-refractivity contribution in [3.8, 4) is 0 Å². The summed E-state index contributed by atoms with van der Waals surface area (Å²) in [5.74, 6) is -0.782. The van der Waals surface area contributed by atoms with Crippen molar-refractivity contribution in [3.63, 3.8) is 0 Å². The van der Waals surface area contributed by atoms with Crippen LogP contribution in [-0.2, 0) is 0 Å². The Bertz CT molecular complexity index is 467. The van der Waals surface area contributed by atoms with Crippen molar-refractivity contribution >= 4 is 21.6 Å². The molecule has 2 unspecified atom stereocenters. The van der Waals surface area contributed by atoms with Gasteiger partial charge in [-0.1, -0.05) is 20.3 Å². The predicted octanol–water partition coefficient (Wildman–Crippen LogP) is 4.08. The Morgan fingerprint density at radius 1 is 1.30 bits per heavy atom. The molecule has 1 fully saturated rings. The van der Waals surface area contributed by atoms with E-state index in [0.29, 0.717) is 11.7 Å². The van der Waals surface area contributed by atoms with Gasteiger partial charge in [-0.15, -0.1) is 0 Å². The lowest BCUT2D eigenvalue weighted by molar-refractivity contribution is 0.366. The fourth-order valence-corrected chi connectivity index (χ4v) is 3.11. The minimum Gasteiger partial charge on any atom is -0.363 e. The number of hydrogen-bond donors (Lipinski definition) is 1. The van der Waals surface area contributed by atoms with Crippen LogP contribution in [0.4, 0.5) is 14.5 Å². The quantitative estimate of drug-likeness (QED) is 0.826. The SMILES string of the molecule is CCCC1CN(c2cc(F)c(Br)cc2F)C(CC)CN1. The zero-order chi connectivity index (χ0) is 14.7. The fourth-order valence-electron chi connectivity index (χ4n) is 2.80. The number of benzene rings is 1. The molecule has 0 aromatic heterocycles. The van der Waals surface area contributed by atoms with Crippen molar-refractivity contribution in [2.75, 3.05) is 18.0 Å². The summed E-state index contributed by atoms with van der Waals surface area (Å²) < 4.78 is 28.1. The van der Waals surface area contributed by atoms with Gasteiger partial charge in [-0.05, 0) is 34.8 Å². The minimum atomic E-state index is -0.415. The number of rotatable bonds is 4. The van der Waals surface area contributed by atoms with Crippen molar-refractivity contribution in [2.45, 2.75) is 45.2 Å². The number of hydrogen-bond acceptors (Lipinski definition) is 2. The van der Waals surface area contributed by atoms with Crippen molar-refractivity contribution in [2.24, 2.45) is 0 Å². The van der Waals surface area contributed by atoms with Crippen LogP contribution in [0.1, 0.15) is 33.1 Å². The standard InChI is InChI=1S/C15H21BrF2N2/c1-3-5-10-9-20(11(4-2)8-19-10)15-7-13(17)12(16)6-14(15)18/h6-7,10-11,19H,3-5,8-9H2,1-2H3. The number of piperazine rings is 1. The van der Waals surface area contributed by atoms with Gasteiger partial charge in [0, 0.05) is 31.2 Å². The molecule has 2 nitrogen and oxygen atoms in total. The third-order valence-corrected chi connectivity index (χ3v) is 4.52. The number of anilines is 1. The van der Waals surface area contributed by atoms with E-state index < -0.39 is 5.82 Å². The van der Waals surface area contributed by atoms with E-state index in [-0.39, 0.29) is 16.3 Å². The Kier molecular flexibility index (Phi) is 5.38. The molecule has 1 aromatic rings. The molecule has 1 heterocycles. The highest BCUT2D eigenvalue weighted by molar-refractivity contribution is 9.10. The average molecular weight is 347 g/mol. The van der Waals surface area contributed by atoms with Gasteiger partial charge >= 0.3 is 0 Å². The van der Waals surface area contributed by atoms with E-state index in [1.165, 1.54) is 12.1 Å². The molecule has 0 bridgehead atoms. The Balaban J connectivity index is 2.28. The zero-order valence-corrected chi connectivity index (χ0v) is 13.5. The highest BCUT2D eigenvalue weighted by Crippen LogP contribution is 2.29. The normalized spacial score (nSPS) is 23.1. The first kappa shape index (κ1) is 15.7. The molecule has 0 amide bonds. The third-order valence-electron chi connectivity index (χ3n) is 3.91. The van der Waals surface area contributed by atoms with E-state index in [2.05, 4.69) is 35.1 Å². The van der Waals surface area contributed by atoms with Crippen LogP contribution in [0.2, 0.25) is 0 Å². The van der Waals surface area contributed by atoms with Crippen LogP contribution in [0.25, 0.3) is 0 Å². The molecule has 20 heavy (non-hydrogen) atoms. The van der Waals surface area contributed by atoms with Gasteiger partial charge in [0.25, 0.3) is 0 Å². The summed E-state index contributed by atoms with van der Waals surface area (Å²) in [7, 11) is 0. The fraction of sp³-hybridized carbons (Fsp3) is 0.600. The first-order chi connectivity index (χ1) is 9.56. The van der Waals surface area contributed by atoms with Gasteiger partial charge < -0.3 is 10.2 Å². The molecule has 5 heteroatoms. The van der Waals surface area contributed by atoms with Gasteiger partial charge in [-0.2, -0.15) is 0 Å². The summed E-state index contributed by atoms with van der Waals surface area (Å²) in [5, 5.41) is 3.50. The van der Waals surface area contributed by atoms with Crippen LogP contribution < -0.4 is 10.2 Å². The van der Waals surface area contributed by atoms with Crippen molar-refractivity contribution in [1.82, 2.24) is 5.32 Å². The molecule has 1 aromatic carbocycles. The minimum absolute atomic E-state index is 0.173. The molecule has 2 atom stereocenters. The van der Waals surface area contributed by atoms with Crippen LogP contribution in [0, 0.1) is 11.6 Å². The first-order valence-electron chi connectivity index (χ1n) is 7.21. The lowest BCUT2D eigenvalue weighted by atomic mass is 10.0. The summed E-state index contributed by atoms with van der Waals surface area (Å²) in [6.45, 7) is 5.76. The summed E-state index contributed by atoms with van der Waals surface area (Å²) in [6, 6.07) is 3.07. The molecule has 112 valence electrons. The Morgan fingerprint density at radius 3 is 2.70 bits per heavy atom. The lowest BCUT2D eigenvalue weighted by Gasteiger charge is -2.42. The van der Waals surface area contributed by atoms with Crippen molar-refractivity contribution < 1.29 is 8.78 Å². The second kappa shape index (κ2) is 6.85. The maximum absolute atomic E-state index is 14.2. The third kappa shape index (κ3) is 3.31. The number of halogens is 3. The highest BCUT2D eigenvalue weighted by atomic mass is 79.9. The van der Waals surface area contributed by atoms with E-state index in [1.807, 2.05) is 4.90 Å². The summed E-state index contributed by atoms with van der Waals surface area (Å²) in [5.41, 5.74) is 0.375. The molecule has 0 aliphatic carbocycles. The Hall–Kier alpha value is -0.680. The molecular weight excluding hydrogens is 326 g/mol. The Labute approximate surface area is 127 Å². The van der Waals surface area contributed by atoms with E-state index in [0.717, 1.165) is 32.4 Å². The Morgan fingerprint density at radius 2 is 2.05 bits per heavy atom. The lowest BCUT2D eigenvalue weighted by Crippen LogP contribution is -2.56. The smallest absolute Gasteiger partial charge is 0.147 e. The molecule has 1 saturated heterocycles. The van der Waals surface area contributed by atoms with E-state index >= 15 is 0 Å². The van der Waals surface area contributed by atoms with Crippen LogP contribution in [0.5, 0.6) is 0 Å². The second-order valence-corrected chi connectivity index (χ2v) is 6.18. The summed E-state index contributed by atoms with van der Waals surface area (Å²) in [6.07, 6.45) is 3.04. The highest BCUT2D eigenvalue weighted by Gasteiger charge is 2.28. The number of nitrogens with zero attached hydrogens (tertiary/aromatic N) is 1. The first-order valence-corrected chi connectivity index (χ1v) is 8.00. The van der Waals surface area contributed by atoms with E-state index in [9.17, 15) is 8.78 Å². The van der Waals surface area contributed by atoms with Gasteiger partial charge in [0.1, 0.15) is 11.6 Å². The second-order valence-electron chi connectivity index (χ2n) is 5.33. The average Bonchev–Trinajstić information content (AvgIpc) is 2.43. The number of nitrogens with one attached hydrogen (secondary N) is 1. The molecule has 1 aliphatic rings. The molecule has 0 saturated carbocycles. The van der Waals surface area contributed by atoms with Crippen LogP contribution >= 0.6 is 15.9 Å². The van der Waals surface area contributed by atoms with Gasteiger partial charge in [0.15, 0.2) is 0 Å². The van der Waals surface area contributed by atoms with Crippen LogP contribution in [-0.4, -0.2) is 25.2 Å². The molecule has 1 N–H and O–H groups in total. The summed E-state index contributed by atoms with van der Waals surface area (Å²) >= 11 is 3.03. The van der Waals surface area contributed by atoms with Gasteiger partial charge in [-0.3, -0.25) is 0 Å². The largest absolute Gasteiger partial charge is 0.363 e. The van der Waals surface area contributed by atoms with Crippen LogP contribution in [0.3, 0.4) is 0 Å². The van der Waals surface area contributed by atoms with Crippen LogP contribution in [0.15, 0.2) is 16.6 Å².